The van der Waals surface area contributed by atoms with Crippen LogP contribution in [-0.4, -0.2) is 17.9 Å². The van der Waals surface area contributed by atoms with Gasteiger partial charge in [-0.15, -0.1) is 0 Å². The number of amides is 1. The average Bonchev–Trinajstić information content (AvgIpc) is 2.39. The lowest BCUT2D eigenvalue weighted by molar-refractivity contribution is 0.0963. The molecular weight excluding hydrogens is 212 g/mol. The van der Waals surface area contributed by atoms with Crippen LogP contribution in [0.3, 0.4) is 0 Å². The number of aryl methyl sites for hydroxylation is 1. The molecule has 0 saturated heterocycles. The molecule has 2 rings (SSSR count). The molecule has 2 aromatic rings. The van der Waals surface area contributed by atoms with Crippen molar-refractivity contribution in [3.63, 3.8) is 0 Å². The Morgan fingerprint density at radius 2 is 1.94 bits per heavy atom. The molecule has 0 radical (unpaired) electrons. The summed E-state index contributed by atoms with van der Waals surface area (Å²) in [5, 5.41) is 2.58. The third kappa shape index (κ3) is 2.43. The minimum atomic E-state index is -0.0888. The van der Waals surface area contributed by atoms with E-state index in [2.05, 4.69) is 22.4 Å². The van der Waals surface area contributed by atoms with Crippen molar-refractivity contribution in [2.24, 2.45) is 0 Å². The van der Waals surface area contributed by atoms with Crippen LogP contribution in [0.4, 0.5) is 0 Å². The van der Waals surface area contributed by atoms with Gasteiger partial charge in [-0.2, -0.15) is 0 Å². The van der Waals surface area contributed by atoms with Gasteiger partial charge in [-0.05, 0) is 30.7 Å². The van der Waals surface area contributed by atoms with E-state index >= 15 is 0 Å². The first-order valence-electron chi connectivity index (χ1n) is 5.30. The van der Waals surface area contributed by atoms with Crippen molar-refractivity contribution in [1.82, 2.24) is 10.3 Å². The normalized spacial score (nSPS) is 9.53. The summed E-state index contributed by atoms with van der Waals surface area (Å²) in [7, 11) is 1.61. The molecule has 1 N–H and O–H groups in total. The molecule has 0 aliphatic heterocycles. The van der Waals surface area contributed by atoms with Gasteiger partial charge in [0.1, 0.15) is 0 Å². The number of benzene rings is 1. The van der Waals surface area contributed by atoms with Gasteiger partial charge < -0.3 is 5.32 Å². The minimum Gasteiger partial charge on any atom is -0.355 e. The Bertz CT molecular complexity index is 515. The van der Waals surface area contributed by atoms with E-state index in [1.807, 2.05) is 19.1 Å². The molecule has 3 nitrogen and oxygen atoms in total. The fraction of sp³-hybridized carbons (Fsp3) is 0.143. The van der Waals surface area contributed by atoms with E-state index in [1.165, 1.54) is 0 Å². The van der Waals surface area contributed by atoms with Gasteiger partial charge in [-0.1, -0.05) is 18.2 Å². The molecule has 84 valence electrons. The average molecular weight is 224 g/mol. The molecule has 1 amide bonds. The zero-order valence-electron chi connectivity index (χ0n) is 9.74. The minimum absolute atomic E-state index is 0.0888. The van der Waals surface area contributed by atoms with Crippen molar-refractivity contribution in [1.29, 1.82) is 0 Å². The Morgan fingerprint density at radius 3 is 2.47 bits per heavy atom. The summed E-state index contributed by atoms with van der Waals surface area (Å²) in [6.07, 6.45) is 1.75. The van der Waals surface area contributed by atoms with Crippen LogP contribution in [0.25, 0.3) is 11.1 Å². The lowest BCUT2D eigenvalue weighted by Crippen LogP contribution is -2.17. The van der Waals surface area contributed by atoms with Crippen LogP contribution in [-0.2, 0) is 0 Å². The van der Waals surface area contributed by atoms with Crippen molar-refractivity contribution in [2.75, 3.05) is 7.05 Å². The fourth-order valence-electron chi connectivity index (χ4n) is 1.48. The Labute approximate surface area is 101 Å². The maximum absolute atomic E-state index is 11.4. The van der Waals surface area contributed by atoms with Crippen molar-refractivity contribution in [2.45, 2.75) is 6.92 Å². The Kier molecular flexibility index (Phi) is 3.06. The zero-order valence-corrected chi connectivity index (χ0v) is 9.74. The number of carbonyl (C=O) groups is 1. The zero-order chi connectivity index (χ0) is 12.3. The van der Waals surface area contributed by atoms with E-state index < -0.39 is 0 Å². The monoisotopic (exact) mass is 224 g/mol. The Morgan fingerprint density at radius 1 is 1.24 bits per heavy atom. The molecule has 17 heavy (non-hydrogen) atoms. The third-order valence-electron chi connectivity index (χ3n) is 2.45. The highest BCUT2D eigenvalue weighted by Crippen LogP contribution is 2.16. The van der Waals surface area contributed by atoms with E-state index in [0.717, 1.165) is 16.8 Å². The molecule has 1 aromatic heterocycles. The Balaban J connectivity index is 2.29. The molecule has 0 aliphatic carbocycles. The number of rotatable bonds is 2. The topological polar surface area (TPSA) is 42.0 Å². The van der Waals surface area contributed by atoms with Crippen molar-refractivity contribution < 1.29 is 4.79 Å². The van der Waals surface area contributed by atoms with Crippen LogP contribution in [0.5, 0.6) is 0 Å². The largest absolute Gasteiger partial charge is 0.355 e. The van der Waals surface area contributed by atoms with Crippen molar-refractivity contribution >= 4 is 5.91 Å². The van der Waals surface area contributed by atoms with Gasteiger partial charge in [-0.3, -0.25) is 9.78 Å². The van der Waals surface area contributed by atoms with Crippen LogP contribution < -0.4 is 5.32 Å². The van der Waals surface area contributed by atoms with Gasteiger partial charge in [0.15, 0.2) is 0 Å². The van der Waals surface area contributed by atoms with E-state index in [4.69, 9.17) is 0 Å². The molecule has 1 aromatic carbocycles. The van der Waals surface area contributed by atoms with E-state index in [-0.39, 0.29) is 5.91 Å². The van der Waals surface area contributed by atoms with Crippen LogP contribution in [0.2, 0.25) is 0 Å². The van der Waals surface area contributed by atoms with Gasteiger partial charge in [-0.25, -0.2) is 0 Å². The number of aromatic nitrogens is 1. The SMILES string of the molecule is CNC(=O)c1ccc(-c2c#cc(C)nc2)cc1. The maximum Gasteiger partial charge on any atom is 0.251 e. The smallest absolute Gasteiger partial charge is 0.251 e. The Hall–Kier alpha value is -2.34. The predicted octanol–water partition coefficient (Wildman–Crippen LogP) is 2.02. The second-order valence-electron chi connectivity index (χ2n) is 3.66. The summed E-state index contributed by atoms with van der Waals surface area (Å²) in [4.78, 5) is 15.5. The van der Waals surface area contributed by atoms with E-state index in [9.17, 15) is 4.79 Å². The van der Waals surface area contributed by atoms with Crippen molar-refractivity contribution in [3.05, 3.63) is 53.9 Å². The maximum atomic E-state index is 11.4. The number of hydrogen-bond donors (Lipinski definition) is 1. The fourth-order valence-corrected chi connectivity index (χ4v) is 1.48. The molecule has 0 spiro atoms. The summed E-state index contributed by atoms with van der Waals surface area (Å²) < 4.78 is 0. The highest BCUT2D eigenvalue weighted by atomic mass is 16.1. The summed E-state index contributed by atoms with van der Waals surface area (Å²) in [6, 6.07) is 13.3. The summed E-state index contributed by atoms with van der Waals surface area (Å²) in [5.41, 5.74) is 3.30. The third-order valence-corrected chi connectivity index (χ3v) is 2.45. The standard InChI is InChI=1S/C14H12N2O/c1-10-3-4-13(9-16-10)11-5-7-12(8-6-11)14(17)15-2/h5-9H,1-2H3,(H,15,17). The first kappa shape index (κ1) is 11.2. The van der Waals surface area contributed by atoms with E-state index in [0.29, 0.717) is 5.56 Å². The second kappa shape index (κ2) is 4.67. The molecular formula is C14H12N2O. The predicted molar refractivity (Wildman–Crippen MR) is 65.5 cm³/mol. The number of nitrogens with zero attached hydrogens (tertiary/aromatic N) is 1. The van der Waals surface area contributed by atoms with Crippen LogP contribution in [0, 0.1) is 19.1 Å². The van der Waals surface area contributed by atoms with E-state index in [1.54, 1.807) is 25.4 Å². The highest BCUT2D eigenvalue weighted by molar-refractivity contribution is 5.94. The first-order valence-corrected chi connectivity index (χ1v) is 5.30. The number of nitrogens with one attached hydrogen (secondary N) is 1. The van der Waals surface area contributed by atoms with Crippen molar-refractivity contribution in [3.8, 4) is 11.1 Å². The van der Waals surface area contributed by atoms with Crippen LogP contribution >= 0.6 is 0 Å². The molecule has 3 heteroatoms. The van der Waals surface area contributed by atoms with Gasteiger partial charge in [0.05, 0.1) is 11.3 Å². The van der Waals surface area contributed by atoms with Gasteiger partial charge in [0.2, 0.25) is 0 Å². The molecule has 0 aliphatic rings. The molecule has 0 atom stereocenters. The molecule has 0 bridgehead atoms. The highest BCUT2D eigenvalue weighted by Gasteiger charge is 2.03. The summed E-state index contributed by atoms with van der Waals surface area (Å²) in [5.74, 6) is -0.0888. The molecule has 1 heterocycles. The number of hydrogen-bond acceptors (Lipinski definition) is 2. The molecule has 0 saturated carbocycles. The first-order chi connectivity index (χ1) is 8.20. The molecule has 0 unspecified atom stereocenters. The van der Waals surface area contributed by atoms with Gasteiger partial charge in [0.25, 0.3) is 5.91 Å². The quantitative estimate of drug-likeness (QED) is 0.848. The second-order valence-corrected chi connectivity index (χ2v) is 3.66. The lowest BCUT2D eigenvalue weighted by Gasteiger charge is -2.01. The van der Waals surface area contributed by atoms with Gasteiger partial charge in [0, 0.05) is 18.8 Å². The lowest BCUT2D eigenvalue weighted by atomic mass is 10.1. The summed E-state index contributed by atoms with van der Waals surface area (Å²) in [6.45, 7) is 1.87. The molecule has 0 fully saturated rings. The van der Waals surface area contributed by atoms with Gasteiger partial charge >= 0.3 is 0 Å². The number of carbonyl (C=O) groups excluding carboxylic acids is 1. The van der Waals surface area contributed by atoms with Crippen LogP contribution in [0.1, 0.15) is 16.1 Å². The summed E-state index contributed by atoms with van der Waals surface area (Å²) >= 11 is 0. The van der Waals surface area contributed by atoms with Crippen LogP contribution in [0.15, 0.2) is 30.5 Å².